The van der Waals surface area contributed by atoms with Crippen molar-refractivity contribution in [3.63, 3.8) is 0 Å². The average molecular weight is 372 g/mol. The van der Waals surface area contributed by atoms with Gasteiger partial charge < -0.3 is 15.3 Å². The number of amides is 1. The summed E-state index contributed by atoms with van der Waals surface area (Å²) in [5.41, 5.74) is 1.00. The molecule has 0 radical (unpaired) electrons. The zero-order chi connectivity index (χ0) is 19.4. The van der Waals surface area contributed by atoms with E-state index in [2.05, 4.69) is 20.2 Å². The number of hydrogen-bond donors (Lipinski definition) is 2. The van der Waals surface area contributed by atoms with E-state index in [9.17, 15) is 14.3 Å². The Bertz CT molecular complexity index is 802. The van der Waals surface area contributed by atoms with Crippen LogP contribution >= 0.6 is 0 Å². The van der Waals surface area contributed by atoms with Crippen LogP contribution < -0.4 is 5.32 Å². The number of aryl methyl sites for hydroxylation is 2. The van der Waals surface area contributed by atoms with Gasteiger partial charge in [0.2, 0.25) is 0 Å². The number of hydrogen-bond acceptors (Lipinski definition) is 5. The topological polar surface area (TPSA) is 78.4 Å². The van der Waals surface area contributed by atoms with Crippen molar-refractivity contribution in [2.75, 3.05) is 26.2 Å². The molecule has 1 saturated heterocycles. The van der Waals surface area contributed by atoms with E-state index >= 15 is 0 Å². The van der Waals surface area contributed by atoms with Gasteiger partial charge in [-0.2, -0.15) is 0 Å². The van der Waals surface area contributed by atoms with Crippen molar-refractivity contribution in [1.29, 1.82) is 0 Å². The summed E-state index contributed by atoms with van der Waals surface area (Å²) in [6.07, 6.45) is 2.71. The van der Waals surface area contributed by atoms with Gasteiger partial charge >= 0.3 is 0 Å². The molecule has 144 valence electrons. The molecule has 27 heavy (non-hydrogen) atoms. The van der Waals surface area contributed by atoms with E-state index in [4.69, 9.17) is 0 Å². The molecule has 3 rings (SSSR count). The SMILES string of the molecule is Cc1ncc(C(=O)NCCN2CCC(O)(c3ccc(F)cc3)CC2)c(C)n1. The Kier molecular flexibility index (Phi) is 5.82. The van der Waals surface area contributed by atoms with Gasteiger partial charge in [0.25, 0.3) is 5.91 Å². The van der Waals surface area contributed by atoms with Crippen molar-refractivity contribution in [1.82, 2.24) is 20.2 Å². The number of benzene rings is 1. The predicted molar refractivity (Wildman–Crippen MR) is 99.8 cm³/mol. The molecule has 0 unspecified atom stereocenters. The Hall–Kier alpha value is -2.38. The third-order valence-electron chi connectivity index (χ3n) is 5.12. The van der Waals surface area contributed by atoms with Crippen LogP contribution in [0.25, 0.3) is 0 Å². The lowest BCUT2D eigenvalue weighted by Gasteiger charge is -2.38. The van der Waals surface area contributed by atoms with Crippen LogP contribution in [-0.4, -0.2) is 52.1 Å². The molecule has 0 atom stereocenters. The number of piperidine rings is 1. The first kappa shape index (κ1) is 19.4. The number of rotatable bonds is 5. The number of aromatic nitrogens is 2. The van der Waals surface area contributed by atoms with Crippen LogP contribution in [0.2, 0.25) is 0 Å². The highest BCUT2D eigenvalue weighted by Crippen LogP contribution is 2.32. The van der Waals surface area contributed by atoms with Crippen LogP contribution in [0.15, 0.2) is 30.5 Å². The van der Waals surface area contributed by atoms with Gasteiger partial charge in [0.15, 0.2) is 0 Å². The van der Waals surface area contributed by atoms with Gasteiger partial charge in [-0.1, -0.05) is 12.1 Å². The van der Waals surface area contributed by atoms with Crippen LogP contribution in [-0.2, 0) is 5.60 Å². The van der Waals surface area contributed by atoms with E-state index < -0.39 is 5.60 Å². The summed E-state index contributed by atoms with van der Waals surface area (Å²) in [5, 5.41) is 13.7. The molecule has 1 aliphatic heterocycles. The fourth-order valence-corrected chi connectivity index (χ4v) is 3.42. The summed E-state index contributed by atoms with van der Waals surface area (Å²) < 4.78 is 13.1. The first-order valence-corrected chi connectivity index (χ1v) is 9.17. The van der Waals surface area contributed by atoms with Crippen LogP contribution in [0.1, 0.15) is 40.3 Å². The molecule has 0 saturated carbocycles. The maximum atomic E-state index is 13.1. The maximum Gasteiger partial charge on any atom is 0.254 e. The van der Waals surface area contributed by atoms with E-state index in [-0.39, 0.29) is 11.7 Å². The molecule has 2 heterocycles. The van der Waals surface area contributed by atoms with Crippen molar-refractivity contribution in [2.45, 2.75) is 32.3 Å². The number of carbonyl (C=O) groups excluding carboxylic acids is 1. The first-order valence-electron chi connectivity index (χ1n) is 9.17. The molecule has 2 aromatic rings. The van der Waals surface area contributed by atoms with E-state index in [0.717, 1.165) is 18.7 Å². The Morgan fingerprint density at radius 1 is 1.26 bits per heavy atom. The molecule has 2 N–H and O–H groups in total. The zero-order valence-corrected chi connectivity index (χ0v) is 15.7. The standard InChI is InChI=1S/C20H25FN4O2/c1-14-18(13-23-15(2)24-14)19(26)22-9-12-25-10-7-20(27,8-11-25)16-3-5-17(21)6-4-16/h3-6,13,27H,7-12H2,1-2H3,(H,22,26). The predicted octanol–water partition coefficient (Wildman–Crippen LogP) is 1.95. The number of halogens is 1. The summed E-state index contributed by atoms with van der Waals surface area (Å²) in [6, 6.07) is 6.06. The summed E-state index contributed by atoms with van der Waals surface area (Å²) in [6.45, 7) is 6.24. The summed E-state index contributed by atoms with van der Waals surface area (Å²) in [5.74, 6) is 0.170. The van der Waals surface area contributed by atoms with Crippen LogP contribution in [0.4, 0.5) is 4.39 Å². The quantitative estimate of drug-likeness (QED) is 0.839. The van der Waals surface area contributed by atoms with Crippen molar-refractivity contribution in [3.05, 3.63) is 58.9 Å². The van der Waals surface area contributed by atoms with Gasteiger partial charge in [0, 0.05) is 32.4 Å². The third kappa shape index (κ3) is 4.67. The average Bonchev–Trinajstić information content (AvgIpc) is 2.64. The fourth-order valence-electron chi connectivity index (χ4n) is 3.42. The van der Waals surface area contributed by atoms with Gasteiger partial charge in [-0.05, 0) is 44.4 Å². The number of carbonyl (C=O) groups is 1. The second-order valence-electron chi connectivity index (χ2n) is 7.05. The molecule has 7 heteroatoms. The Labute approximate surface area is 158 Å². The second kappa shape index (κ2) is 8.10. The molecular weight excluding hydrogens is 347 g/mol. The second-order valence-corrected chi connectivity index (χ2v) is 7.05. The Balaban J connectivity index is 1.47. The molecule has 1 fully saturated rings. The third-order valence-corrected chi connectivity index (χ3v) is 5.12. The minimum Gasteiger partial charge on any atom is -0.385 e. The van der Waals surface area contributed by atoms with Gasteiger partial charge in [-0.25, -0.2) is 14.4 Å². The summed E-state index contributed by atoms with van der Waals surface area (Å²) in [4.78, 5) is 22.7. The fraction of sp³-hybridized carbons (Fsp3) is 0.450. The molecule has 1 aromatic carbocycles. The normalized spacial score (nSPS) is 16.9. The molecule has 6 nitrogen and oxygen atoms in total. The minimum absolute atomic E-state index is 0.174. The molecule has 1 aromatic heterocycles. The van der Waals surface area contributed by atoms with Gasteiger partial charge in [0.1, 0.15) is 11.6 Å². The Morgan fingerprint density at radius 2 is 1.93 bits per heavy atom. The number of likely N-dealkylation sites (tertiary alicyclic amines) is 1. The zero-order valence-electron chi connectivity index (χ0n) is 15.7. The monoisotopic (exact) mass is 372 g/mol. The summed E-state index contributed by atoms with van der Waals surface area (Å²) >= 11 is 0. The lowest BCUT2D eigenvalue weighted by atomic mass is 9.84. The van der Waals surface area contributed by atoms with Gasteiger partial charge in [0.05, 0.1) is 16.9 Å². The molecule has 1 amide bonds. The van der Waals surface area contributed by atoms with Crippen molar-refractivity contribution in [2.24, 2.45) is 0 Å². The molecule has 1 aliphatic rings. The van der Waals surface area contributed by atoms with E-state index in [1.807, 2.05) is 0 Å². The first-order chi connectivity index (χ1) is 12.9. The number of nitrogens with zero attached hydrogens (tertiary/aromatic N) is 3. The molecule has 0 bridgehead atoms. The lowest BCUT2D eigenvalue weighted by molar-refractivity contribution is -0.0255. The molecular formula is C20H25FN4O2. The minimum atomic E-state index is -0.913. The van der Waals surface area contributed by atoms with Crippen LogP contribution in [0.3, 0.4) is 0 Å². The highest BCUT2D eigenvalue weighted by Gasteiger charge is 2.33. The highest BCUT2D eigenvalue weighted by molar-refractivity contribution is 5.94. The lowest BCUT2D eigenvalue weighted by Crippen LogP contribution is -2.45. The van der Waals surface area contributed by atoms with Crippen molar-refractivity contribution >= 4 is 5.91 Å². The molecule has 0 spiro atoms. The van der Waals surface area contributed by atoms with E-state index in [0.29, 0.717) is 43.0 Å². The summed E-state index contributed by atoms with van der Waals surface area (Å²) in [7, 11) is 0. The van der Waals surface area contributed by atoms with Crippen molar-refractivity contribution < 1.29 is 14.3 Å². The largest absolute Gasteiger partial charge is 0.385 e. The number of aliphatic hydroxyl groups is 1. The van der Waals surface area contributed by atoms with Crippen LogP contribution in [0.5, 0.6) is 0 Å². The van der Waals surface area contributed by atoms with E-state index in [1.165, 1.54) is 12.1 Å². The van der Waals surface area contributed by atoms with Gasteiger partial charge in [-0.3, -0.25) is 4.79 Å². The maximum absolute atomic E-state index is 13.1. The number of nitrogens with one attached hydrogen (secondary N) is 1. The van der Waals surface area contributed by atoms with Crippen LogP contribution in [0, 0.1) is 19.7 Å². The highest BCUT2D eigenvalue weighted by atomic mass is 19.1. The molecule has 0 aliphatic carbocycles. The Morgan fingerprint density at radius 3 is 2.56 bits per heavy atom. The van der Waals surface area contributed by atoms with Crippen molar-refractivity contribution in [3.8, 4) is 0 Å². The van der Waals surface area contributed by atoms with Gasteiger partial charge in [-0.15, -0.1) is 0 Å². The van der Waals surface area contributed by atoms with E-state index in [1.54, 1.807) is 32.2 Å². The smallest absolute Gasteiger partial charge is 0.254 e.